The normalized spacial score (nSPS) is 30.6. The van der Waals surface area contributed by atoms with Crippen LogP contribution in [0.5, 0.6) is 0 Å². The molecular formula is C14H23NS. The Morgan fingerprint density at radius 3 is 2.88 bits per heavy atom. The van der Waals surface area contributed by atoms with Gasteiger partial charge in [-0.2, -0.15) is 0 Å². The number of nitrogens with one attached hydrogen (secondary N) is 1. The molecule has 1 aromatic heterocycles. The second kappa shape index (κ2) is 5.33. The van der Waals surface area contributed by atoms with Crippen LogP contribution in [-0.4, -0.2) is 6.04 Å². The molecule has 1 fully saturated rings. The maximum atomic E-state index is 3.76. The average Bonchev–Trinajstić information content (AvgIpc) is 2.67. The molecular weight excluding hydrogens is 214 g/mol. The van der Waals surface area contributed by atoms with Crippen LogP contribution in [-0.2, 0) is 6.54 Å². The lowest BCUT2D eigenvalue weighted by molar-refractivity contribution is 0.206. The molecule has 0 aromatic carbocycles. The van der Waals surface area contributed by atoms with Gasteiger partial charge in [0, 0.05) is 17.5 Å². The Morgan fingerprint density at radius 2 is 2.19 bits per heavy atom. The minimum Gasteiger partial charge on any atom is -0.309 e. The lowest BCUT2D eigenvalue weighted by Crippen LogP contribution is -2.40. The molecule has 2 rings (SSSR count). The molecule has 0 saturated heterocycles. The van der Waals surface area contributed by atoms with Crippen molar-refractivity contribution in [3.8, 4) is 0 Å². The zero-order chi connectivity index (χ0) is 11.5. The standard InChI is InChI=1S/C14H23NS/c1-10-5-4-6-13(12(10)3)15-9-14-11(2)7-8-16-14/h7-8,10,12-13,15H,4-6,9H2,1-3H3. The fourth-order valence-corrected chi connectivity index (χ4v) is 3.54. The second-order valence-corrected chi connectivity index (χ2v) is 6.28. The predicted octanol–water partition coefficient (Wildman–Crippen LogP) is 3.97. The lowest BCUT2D eigenvalue weighted by Gasteiger charge is -2.34. The summed E-state index contributed by atoms with van der Waals surface area (Å²) in [5.74, 6) is 1.71. The molecule has 16 heavy (non-hydrogen) atoms. The van der Waals surface area contributed by atoms with Crippen molar-refractivity contribution in [2.45, 2.75) is 52.6 Å². The number of thiophene rings is 1. The van der Waals surface area contributed by atoms with Crippen molar-refractivity contribution < 1.29 is 0 Å². The maximum absolute atomic E-state index is 3.76. The van der Waals surface area contributed by atoms with Gasteiger partial charge in [-0.05, 0) is 42.2 Å². The van der Waals surface area contributed by atoms with Crippen molar-refractivity contribution >= 4 is 11.3 Å². The van der Waals surface area contributed by atoms with Crippen molar-refractivity contribution in [1.82, 2.24) is 5.32 Å². The summed E-state index contributed by atoms with van der Waals surface area (Å²) in [6, 6.07) is 2.94. The molecule has 90 valence electrons. The molecule has 1 aliphatic carbocycles. The molecule has 1 N–H and O–H groups in total. The van der Waals surface area contributed by atoms with Crippen LogP contribution in [0, 0.1) is 18.8 Å². The molecule has 0 spiro atoms. The monoisotopic (exact) mass is 237 g/mol. The number of hydrogen-bond acceptors (Lipinski definition) is 2. The van der Waals surface area contributed by atoms with Crippen LogP contribution < -0.4 is 5.32 Å². The summed E-state index contributed by atoms with van der Waals surface area (Å²) in [5.41, 5.74) is 1.44. The van der Waals surface area contributed by atoms with Gasteiger partial charge >= 0.3 is 0 Å². The summed E-state index contributed by atoms with van der Waals surface area (Å²) in [6.45, 7) is 8.07. The molecule has 1 nitrogen and oxygen atoms in total. The van der Waals surface area contributed by atoms with Crippen molar-refractivity contribution in [2.75, 3.05) is 0 Å². The fraction of sp³-hybridized carbons (Fsp3) is 0.714. The van der Waals surface area contributed by atoms with Crippen LogP contribution in [0.2, 0.25) is 0 Å². The molecule has 1 aromatic rings. The van der Waals surface area contributed by atoms with Crippen LogP contribution in [0.15, 0.2) is 11.4 Å². The first-order valence-corrected chi connectivity index (χ1v) is 7.33. The SMILES string of the molecule is Cc1ccsc1CNC1CCCC(C)C1C. The van der Waals surface area contributed by atoms with E-state index in [1.807, 2.05) is 11.3 Å². The van der Waals surface area contributed by atoms with Crippen molar-refractivity contribution in [3.63, 3.8) is 0 Å². The summed E-state index contributed by atoms with van der Waals surface area (Å²) in [4.78, 5) is 1.51. The summed E-state index contributed by atoms with van der Waals surface area (Å²) in [7, 11) is 0. The molecule has 0 aliphatic heterocycles. The fourth-order valence-electron chi connectivity index (χ4n) is 2.68. The van der Waals surface area contributed by atoms with E-state index in [0.717, 1.165) is 24.4 Å². The molecule has 0 radical (unpaired) electrons. The Balaban J connectivity index is 1.88. The molecule has 1 saturated carbocycles. The van der Waals surface area contributed by atoms with E-state index in [4.69, 9.17) is 0 Å². The molecule has 3 unspecified atom stereocenters. The van der Waals surface area contributed by atoms with E-state index in [2.05, 4.69) is 37.5 Å². The lowest BCUT2D eigenvalue weighted by atomic mass is 9.78. The highest BCUT2D eigenvalue weighted by Gasteiger charge is 2.26. The van der Waals surface area contributed by atoms with Crippen LogP contribution in [0.1, 0.15) is 43.6 Å². The molecule has 3 atom stereocenters. The van der Waals surface area contributed by atoms with Crippen LogP contribution >= 0.6 is 11.3 Å². The topological polar surface area (TPSA) is 12.0 Å². The first-order valence-electron chi connectivity index (χ1n) is 6.45. The van der Waals surface area contributed by atoms with Crippen LogP contribution in [0.4, 0.5) is 0 Å². The van der Waals surface area contributed by atoms with Gasteiger partial charge in [0.05, 0.1) is 0 Å². The Kier molecular flexibility index (Phi) is 4.04. The van der Waals surface area contributed by atoms with E-state index < -0.39 is 0 Å². The number of rotatable bonds is 3. The molecule has 1 aliphatic rings. The molecule has 2 heteroatoms. The van der Waals surface area contributed by atoms with Crippen molar-refractivity contribution in [2.24, 2.45) is 11.8 Å². The van der Waals surface area contributed by atoms with Gasteiger partial charge in [-0.1, -0.05) is 26.7 Å². The summed E-state index contributed by atoms with van der Waals surface area (Å²) >= 11 is 1.88. The second-order valence-electron chi connectivity index (χ2n) is 5.28. The van der Waals surface area contributed by atoms with Gasteiger partial charge in [0.1, 0.15) is 0 Å². The predicted molar refractivity (Wildman–Crippen MR) is 71.9 cm³/mol. The average molecular weight is 237 g/mol. The third-order valence-corrected chi connectivity index (χ3v) is 5.22. The molecule has 0 amide bonds. The summed E-state index contributed by atoms with van der Waals surface area (Å²) < 4.78 is 0. The quantitative estimate of drug-likeness (QED) is 0.838. The molecule has 0 bridgehead atoms. The minimum absolute atomic E-state index is 0.727. The molecule has 1 heterocycles. The summed E-state index contributed by atoms with van der Waals surface area (Å²) in [6.07, 6.45) is 4.17. The number of hydrogen-bond donors (Lipinski definition) is 1. The highest BCUT2D eigenvalue weighted by Crippen LogP contribution is 2.30. The van der Waals surface area contributed by atoms with E-state index in [1.54, 1.807) is 0 Å². The van der Waals surface area contributed by atoms with Crippen LogP contribution in [0.25, 0.3) is 0 Å². The van der Waals surface area contributed by atoms with Gasteiger partial charge in [-0.3, -0.25) is 0 Å². The Labute approximate surface area is 103 Å². The number of aryl methyl sites for hydroxylation is 1. The van der Waals surface area contributed by atoms with E-state index in [1.165, 1.54) is 29.7 Å². The van der Waals surface area contributed by atoms with Gasteiger partial charge in [-0.15, -0.1) is 11.3 Å². The maximum Gasteiger partial charge on any atom is 0.0305 e. The third kappa shape index (κ3) is 2.67. The minimum atomic E-state index is 0.727. The van der Waals surface area contributed by atoms with E-state index in [-0.39, 0.29) is 0 Å². The van der Waals surface area contributed by atoms with Crippen LogP contribution in [0.3, 0.4) is 0 Å². The third-order valence-electron chi connectivity index (χ3n) is 4.20. The van der Waals surface area contributed by atoms with Gasteiger partial charge < -0.3 is 5.32 Å². The van der Waals surface area contributed by atoms with Gasteiger partial charge in [0.2, 0.25) is 0 Å². The Morgan fingerprint density at radius 1 is 1.38 bits per heavy atom. The summed E-state index contributed by atoms with van der Waals surface area (Å²) in [5, 5.41) is 5.95. The van der Waals surface area contributed by atoms with Gasteiger partial charge in [-0.25, -0.2) is 0 Å². The first-order chi connectivity index (χ1) is 7.68. The highest BCUT2D eigenvalue weighted by molar-refractivity contribution is 7.10. The zero-order valence-corrected chi connectivity index (χ0v) is 11.4. The van der Waals surface area contributed by atoms with Crippen molar-refractivity contribution in [3.05, 3.63) is 21.9 Å². The van der Waals surface area contributed by atoms with Gasteiger partial charge in [0.25, 0.3) is 0 Å². The van der Waals surface area contributed by atoms with E-state index >= 15 is 0 Å². The largest absolute Gasteiger partial charge is 0.309 e. The van der Waals surface area contributed by atoms with Crippen molar-refractivity contribution in [1.29, 1.82) is 0 Å². The zero-order valence-electron chi connectivity index (χ0n) is 10.6. The van der Waals surface area contributed by atoms with E-state index in [9.17, 15) is 0 Å². The van der Waals surface area contributed by atoms with Gasteiger partial charge in [0.15, 0.2) is 0 Å². The smallest absolute Gasteiger partial charge is 0.0305 e. The first kappa shape index (κ1) is 12.1. The Bertz CT molecular complexity index is 331. The highest BCUT2D eigenvalue weighted by atomic mass is 32.1. The Hall–Kier alpha value is -0.340. The van der Waals surface area contributed by atoms with E-state index in [0.29, 0.717) is 0 Å².